The number of thioether (sulfide) groups is 4. The summed E-state index contributed by atoms with van der Waals surface area (Å²) in [6, 6.07) is 35.6. The van der Waals surface area contributed by atoms with Crippen molar-refractivity contribution < 1.29 is 39.0 Å². The Kier molecular flexibility index (Phi) is 16.9. The number of aliphatic carboxylic acids is 2. The monoisotopic (exact) mass is 857 g/mol. The summed E-state index contributed by atoms with van der Waals surface area (Å²) in [7, 11) is 0. The summed E-state index contributed by atoms with van der Waals surface area (Å²) in [5.74, 6) is -2.93. The Labute approximate surface area is 355 Å². The molecule has 0 radical (unpaired) electrons. The van der Waals surface area contributed by atoms with E-state index in [4.69, 9.17) is 0 Å². The number of nitrogens with zero attached hydrogens (tertiary/aromatic N) is 2. The number of hydrogen-bond donors (Lipinski definition) is 1. The van der Waals surface area contributed by atoms with Crippen LogP contribution in [0.5, 0.6) is 0 Å². The number of rotatable bonds is 14. The van der Waals surface area contributed by atoms with Crippen LogP contribution in [0.1, 0.15) is 47.4 Å². The minimum Gasteiger partial charge on any atom is -0.548 e. The minimum absolute atomic E-state index is 0.00458. The molecular weight excluding hydrogens is 813 g/mol. The summed E-state index contributed by atoms with van der Waals surface area (Å²) < 4.78 is 0. The molecule has 58 heavy (non-hydrogen) atoms. The van der Waals surface area contributed by atoms with Crippen LogP contribution in [0.2, 0.25) is 0 Å². The lowest BCUT2D eigenvalue weighted by atomic mass is 10.1. The predicted molar refractivity (Wildman–Crippen MR) is 230 cm³/mol. The molecule has 0 saturated carbocycles. The Morgan fingerprint density at radius 2 is 0.931 bits per heavy atom. The number of carboxylic acid groups (broad SMARTS) is 2. The number of carbonyl (C=O) groups is 6. The molecule has 2 aliphatic rings. The molecule has 2 saturated heterocycles. The van der Waals surface area contributed by atoms with Gasteiger partial charge in [0.1, 0.15) is 6.04 Å². The standard InChI is InChI=1S/2C22H23NO4S2/c2*1-15(14-28-22(27)16-8-4-2-5-9-16)20(24)23-13-18(12-19(23)21(25)26)29-17-10-6-3-7-11-17/h2*2-11,15,18-19H,12-14H2,1H3,(H,25,26)/p-1/t15-,18+,19?;15-,18+,19+/m11/s1. The van der Waals surface area contributed by atoms with Gasteiger partial charge in [0, 0.05) is 67.8 Å². The van der Waals surface area contributed by atoms with E-state index < -0.39 is 35.9 Å². The van der Waals surface area contributed by atoms with E-state index in [0.29, 0.717) is 48.6 Å². The Balaban J connectivity index is 0.000000221. The third-order valence-corrected chi connectivity index (χ3v) is 14.3. The maximum Gasteiger partial charge on any atom is 0.326 e. The summed E-state index contributed by atoms with van der Waals surface area (Å²) in [5, 5.41) is 21.1. The Morgan fingerprint density at radius 3 is 1.29 bits per heavy atom. The highest BCUT2D eigenvalue weighted by molar-refractivity contribution is 8.14. The molecule has 0 spiro atoms. The third-order valence-electron chi connectivity index (χ3n) is 9.53. The quantitative estimate of drug-likeness (QED) is 0.143. The van der Waals surface area contributed by atoms with Gasteiger partial charge in [-0.25, -0.2) is 4.79 Å². The number of carbonyl (C=O) groups excluding carboxylic acids is 5. The van der Waals surface area contributed by atoms with E-state index in [2.05, 4.69) is 0 Å². The van der Waals surface area contributed by atoms with Crippen molar-refractivity contribution in [2.24, 2.45) is 11.8 Å². The topological polar surface area (TPSA) is 152 Å². The van der Waals surface area contributed by atoms with Crippen molar-refractivity contribution in [3.63, 3.8) is 0 Å². The molecule has 4 aromatic carbocycles. The zero-order chi connectivity index (χ0) is 41.6. The summed E-state index contributed by atoms with van der Waals surface area (Å²) in [4.78, 5) is 78.7. The van der Waals surface area contributed by atoms with Gasteiger partial charge in [0.2, 0.25) is 22.0 Å². The zero-order valence-electron chi connectivity index (χ0n) is 32.1. The Morgan fingerprint density at radius 1 is 0.586 bits per heavy atom. The zero-order valence-corrected chi connectivity index (χ0v) is 35.4. The number of hydrogen-bond acceptors (Lipinski definition) is 11. The smallest absolute Gasteiger partial charge is 0.326 e. The van der Waals surface area contributed by atoms with Crippen LogP contribution in [-0.4, -0.2) is 96.1 Å². The van der Waals surface area contributed by atoms with Gasteiger partial charge in [-0.2, -0.15) is 0 Å². The first-order chi connectivity index (χ1) is 27.9. The lowest BCUT2D eigenvalue weighted by Crippen LogP contribution is -2.48. The fourth-order valence-corrected chi connectivity index (χ4v) is 10.6. The van der Waals surface area contributed by atoms with E-state index >= 15 is 0 Å². The first-order valence-corrected chi connectivity index (χ1v) is 22.6. The second kappa shape index (κ2) is 22.0. The highest BCUT2D eigenvalue weighted by Gasteiger charge is 2.41. The molecule has 304 valence electrons. The van der Waals surface area contributed by atoms with Gasteiger partial charge in [0.15, 0.2) is 0 Å². The summed E-state index contributed by atoms with van der Waals surface area (Å²) in [6.45, 7) is 4.25. The van der Waals surface area contributed by atoms with Crippen molar-refractivity contribution in [3.05, 3.63) is 132 Å². The fraction of sp³-hybridized carbons (Fsp3) is 0.318. The molecule has 2 amide bonds. The van der Waals surface area contributed by atoms with E-state index in [0.717, 1.165) is 33.3 Å². The average Bonchev–Trinajstić information content (AvgIpc) is 3.87. The van der Waals surface area contributed by atoms with Crippen molar-refractivity contribution in [2.45, 2.75) is 59.1 Å². The van der Waals surface area contributed by atoms with Gasteiger partial charge in [0.25, 0.3) is 0 Å². The Hall–Kier alpha value is -4.50. The first kappa shape index (κ1) is 44.6. The van der Waals surface area contributed by atoms with Crippen molar-refractivity contribution in [3.8, 4) is 0 Å². The van der Waals surface area contributed by atoms with Crippen LogP contribution in [0.4, 0.5) is 0 Å². The number of benzene rings is 4. The summed E-state index contributed by atoms with van der Waals surface area (Å²) >= 11 is 5.36. The molecule has 10 nitrogen and oxygen atoms in total. The lowest BCUT2D eigenvalue weighted by molar-refractivity contribution is -0.310. The molecule has 2 fully saturated rings. The maximum atomic E-state index is 12.9. The van der Waals surface area contributed by atoms with Crippen LogP contribution in [0.3, 0.4) is 0 Å². The van der Waals surface area contributed by atoms with E-state index in [9.17, 15) is 39.0 Å². The molecule has 6 atom stereocenters. The van der Waals surface area contributed by atoms with E-state index in [1.807, 2.05) is 72.8 Å². The van der Waals surface area contributed by atoms with Gasteiger partial charge in [-0.05, 0) is 37.1 Å². The van der Waals surface area contributed by atoms with Crippen LogP contribution in [0.15, 0.2) is 131 Å². The van der Waals surface area contributed by atoms with Crippen LogP contribution in [0, 0.1) is 11.8 Å². The van der Waals surface area contributed by atoms with Gasteiger partial charge >= 0.3 is 5.97 Å². The number of amides is 2. The van der Waals surface area contributed by atoms with Crippen LogP contribution >= 0.6 is 47.0 Å². The first-order valence-electron chi connectivity index (χ1n) is 18.8. The molecule has 0 aromatic heterocycles. The summed E-state index contributed by atoms with van der Waals surface area (Å²) in [6.07, 6.45) is 0.778. The fourth-order valence-electron chi connectivity index (χ4n) is 6.52. The molecule has 4 aromatic rings. The van der Waals surface area contributed by atoms with Gasteiger partial charge in [0.05, 0.1) is 12.0 Å². The third kappa shape index (κ3) is 12.7. The van der Waals surface area contributed by atoms with Gasteiger partial charge in [-0.1, -0.05) is 134 Å². The highest BCUT2D eigenvalue weighted by Crippen LogP contribution is 2.35. The molecule has 6 rings (SSSR count). The largest absolute Gasteiger partial charge is 0.548 e. The van der Waals surface area contributed by atoms with Crippen molar-refractivity contribution >= 4 is 81.0 Å². The molecular formula is C44H45N2O8S4-. The normalized spacial score (nSPS) is 19.7. The molecule has 1 unspecified atom stereocenters. The van der Waals surface area contributed by atoms with Gasteiger partial charge < -0.3 is 24.8 Å². The molecule has 2 heterocycles. The van der Waals surface area contributed by atoms with Crippen LogP contribution < -0.4 is 5.11 Å². The predicted octanol–water partition coefficient (Wildman–Crippen LogP) is 6.75. The van der Waals surface area contributed by atoms with Gasteiger partial charge in [-0.3, -0.25) is 19.2 Å². The molecule has 0 aliphatic carbocycles. The minimum atomic E-state index is -1.23. The van der Waals surface area contributed by atoms with Crippen molar-refractivity contribution in [1.82, 2.24) is 9.80 Å². The second-order valence-corrected chi connectivity index (χ2v) is 18.7. The SMILES string of the molecule is C[C@H](CSC(=O)c1ccccc1)C(=O)N1C[C@@H](Sc2ccccc2)CC1C(=O)O.C[C@H](CSC(=O)c1ccccc1)C(=O)N1C[C@@H](Sc2ccccc2)C[C@H]1C(=O)[O-]. The lowest BCUT2D eigenvalue weighted by Gasteiger charge is -2.27. The molecule has 1 N–H and O–H groups in total. The van der Waals surface area contributed by atoms with E-state index in [-0.39, 0.29) is 32.5 Å². The number of carboxylic acids is 2. The molecule has 2 aliphatic heterocycles. The molecule has 14 heteroatoms. The summed E-state index contributed by atoms with van der Waals surface area (Å²) in [5.41, 5.74) is 1.19. The Bertz CT molecular complexity index is 1860. The maximum absolute atomic E-state index is 12.9. The number of likely N-dealkylation sites (tertiary alicyclic amines) is 2. The van der Waals surface area contributed by atoms with E-state index in [1.165, 1.54) is 9.80 Å². The average molecular weight is 858 g/mol. The second-order valence-electron chi connectivity index (χ2n) is 14.0. The van der Waals surface area contributed by atoms with Crippen molar-refractivity contribution in [2.75, 3.05) is 24.6 Å². The van der Waals surface area contributed by atoms with Gasteiger partial charge in [-0.15, -0.1) is 23.5 Å². The van der Waals surface area contributed by atoms with Crippen LogP contribution in [0.25, 0.3) is 0 Å². The van der Waals surface area contributed by atoms with Crippen LogP contribution in [-0.2, 0) is 19.2 Å². The molecule has 0 bridgehead atoms. The van der Waals surface area contributed by atoms with Crippen molar-refractivity contribution in [1.29, 1.82) is 0 Å². The highest BCUT2D eigenvalue weighted by atomic mass is 32.2. The van der Waals surface area contributed by atoms with E-state index in [1.54, 1.807) is 85.9 Å².